The third kappa shape index (κ3) is 4.83. The summed E-state index contributed by atoms with van der Waals surface area (Å²) in [6.07, 6.45) is 11.6. The maximum absolute atomic E-state index is 3.68. The third-order valence-corrected chi connectivity index (χ3v) is 4.04. The van der Waals surface area contributed by atoms with E-state index in [1.54, 1.807) is 5.57 Å². The van der Waals surface area contributed by atoms with Gasteiger partial charge in [0.1, 0.15) is 0 Å². The second-order valence-electron chi connectivity index (χ2n) is 5.51. The second kappa shape index (κ2) is 8.16. The zero-order valence-electron chi connectivity index (χ0n) is 12.2. The van der Waals surface area contributed by atoms with Gasteiger partial charge in [0.2, 0.25) is 0 Å². The van der Waals surface area contributed by atoms with E-state index in [4.69, 9.17) is 0 Å². The van der Waals surface area contributed by atoms with Gasteiger partial charge in [0, 0.05) is 6.04 Å². The summed E-state index contributed by atoms with van der Waals surface area (Å²) in [6, 6.07) is 11.4. The summed E-state index contributed by atoms with van der Waals surface area (Å²) in [7, 11) is 0. The molecule has 1 N–H and O–H groups in total. The first kappa shape index (κ1) is 14.3. The number of nitrogens with one attached hydrogen (secondary N) is 1. The van der Waals surface area contributed by atoms with Gasteiger partial charge in [-0.2, -0.15) is 0 Å². The van der Waals surface area contributed by atoms with Gasteiger partial charge in [-0.3, -0.25) is 0 Å². The molecule has 1 aliphatic rings. The Balaban J connectivity index is 1.93. The van der Waals surface area contributed by atoms with Gasteiger partial charge in [-0.1, -0.05) is 55.3 Å². The Bertz CT molecular complexity index is 380. The van der Waals surface area contributed by atoms with Crippen LogP contribution in [0.2, 0.25) is 0 Å². The van der Waals surface area contributed by atoms with Gasteiger partial charge in [0.15, 0.2) is 0 Å². The first-order chi connectivity index (χ1) is 9.40. The van der Waals surface area contributed by atoms with Crippen molar-refractivity contribution in [3.8, 4) is 0 Å². The van der Waals surface area contributed by atoms with Crippen molar-refractivity contribution in [3.63, 3.8) is 0 Å². The van der Waals surface area contributed by atoms with Crippen molar-refractivity contribution in [2.24, 2.45) is 0 Å². The highest BCUT2D eigenvalue weighted by molar-refractivity contribution is 5.17. The molecule has 0 saturated carbocycles. The van der Waals surface area contributed by atoms with Crippen LogP contribution in [0.4, 0.5) is 0 Å². The topological polar surface area (TPSA) is 12.0 Å². The number of hydrogen-bond donors (Lipinski definition) is 1. The Hall–Kier alpha value is -1.08. The number of allylic oxidation sites excluding steroid dienone is 1. The van der Waals surface area contributed by atoms with Crippen LogP contribution in [0.1, 0.15) is 51.0 Å². The molecule has 1 atom stereocenters. The Morgan fingerprint density at radius 2 is 1.95 bits per heavy atom. The highest BCUT2D eigenvalue weighted by atomic mass is 14.9. The van der Waals surface area contributed by atoms with Crippen molar-refractivity contribution >= 4 is 0 Å². The highest BCUT2D eigenvalue weighted by Crippen LogP contribution is 2.22. The molecule has 1 aliphatic carbocycles. The summed E-state index contributed by atoms with van der Waals surface area (Å²) in [6.45, 7) is 3.28. The fourth-order valence-corrected chi connectivity index (χ4v) is 2.98. The van der Waals surface area contributed by atoms with Gasteiger partial charge >= 0.3 is 0 Å². The van der Waals surface area contributed by atoms with Crippen LogP contribution in [0.5, 0.6) is 0 Å². The van der Waals surface area contributed by atoms with Crippen LogP contribution in [0.3, 0.4) is 0 Å². The average Bonchev–Trinajstić information content (AvgIpc) is 2.73. The summed E-state index contributed by atoms with van der Waals surface area (Å²) in [5, 5.41) is 3.68. The minimum absolute atomic E-state index is 0.586. The van der Waals surface area contributed by atoms with Crippen LogP contribution in [-0.2, 0) is 6.42 Å². The van der Waals surface area contributed by atoms with E-state index in [0.29, 0.717) is 6.04 Å². The lowest BCUT2D eigenvalue weighted by Gasteiger charge is -2.21. The van der Waals surface area contributed by atoms with Crippen molar-refractivity contribution in [2.45, 2.75) is 57.9 Å². The quantitative estimate of drug-likeness (QED) is 0.740. The van der Waals surface area contributed by atoms with Gasteiger partial charge in [-0.15, -0.1) is 0 Å². The number of hydrogen-bond acceptors (Lipinski definition) is 1. The molecule has 2 rings (SSSR count). The largest absolute Gasteiger partial charge is 0.311 e. The lowest BCUT2D eigenvalue weighted by atomic mass is 9.95. The Morgan fingerprint density at radius 1 is 1.11 bits per heavy atom. The molecule has 1 aromatic carbocycles. The molecule has 0 amide bonds. The Kier molecular flexibility index (Phi) is 6.16. The first-order valence-corrected chi connectivity index (χ1v) is 7.86. The number of likely N-dealkylation sites (N-methyl/N-ethyl adjacent to an activating group) is 1. The molecule has 1 unspecified atom stereocenters. The molecule has 0 saturated heterocycles. The molecule has 1 nitrogen and oxygen atoms in total. The van der Waals surface area contributed by atoms with Crippen LogP contribution in [0.15, 0.2) is 42.0 Å². The summed E-state index contributed by atoms with van der Waals surface area (Å²) in [4.78, 5) is 0. The molecule has 0 aliphatic heterocycles. The number of aryl methyl sites for hydroxylation is 1. The van der Waals surface area contributed by atoms with Crippen LogP contribution in [0, 0.1) is 0 Å². The van der Waals surface area contributed by atoms with Crippen molar-refractivity contribution in [1.29, 1.82) is 0 Å². The maximum Gasteiger partial charge on any atom is 0.0282 e. The maximum atomic E-state index is 3.68. The van der Waals surface area contributed by atoms with Crippen molar-refractivity contribution < 1.29 is 0 Å². The van der Waals surface area contributed by atoms with Crippen LogP contribution in [-0.4, -0.2) is 12.6 Å². The molecular weight excluding hydrogens is 230 g/mol. The van der Waals surface area contributed by atoms with Crippen molar-refractivity contribution in [1.82, 2.24) is 5.32 Å². The van der Waals surface area contributed by atoms with E-state index < -0.39 is 0 Å². The molecule has 0 spiro atoms. The van der Waals surface area contributed by atoms with Gasteiger partial charge in [0.05, 0.1) is 0 Å². The van der Waals surface area contributed by atoms with E-state index in [9.17, 15) is 0 Å². The molecule has 0 bridgehead atoms. The molecule has 104 valence electrons. The molecule has 19 heavy (non-hydrogen) atoms. The summed E-state index contributed by atoms with van der Waals surface area (Å²) >= 11 is 0. The summed E-state index contributed by atoms with van der Waals surface area (Å²) < 4.78 is 0. The lowest BCUT2D eigenvalue weighted by molar-refractivity contribution is 0.531. The summed E-state index contributed by atoms with van der Waals surface area (Å²) in [5.41, 5.74) is 3.12. The molecule has 1 heteroatoms. The normalized spacial score (nSPS) is 17.6. The predicted octanol–water partition coefficient (Wildman–Crippen LogP) is 4.49. The highest BCUT2D eigenvalue weighted by Gasteiger charge is 2.14. The predicted molar refractivity (Wildman–Crippen MR) is 83.4 cm³/mol. The molecular formula is C18H27N. The van der Waals surface area contributed by atoms with E-state index in [1.165, 1.54) is 50.5 Å². The molecule has 0 fully saturated rings. The van der Waals surface area contributed by atoms with Gasteiger partial charge in [-0.05, 0) is 50.6 Å². The molecule has 0 aromatic heterocycles. The van der Waals surface area contributed by atoms with E-state index in [0.717, 1.165) is 6.54 Å². The first-order valence-electron chi connectivity index (χ1n) is 7.86. The van der Waals surface area contributed by atoms with E-state index in [-0.39, 0.29) is 0 Å². The fourth-order valence-electron chi connectivity index (χ4n) is 2.98. The van der Waals surface area contributed by atoms with E-state index in [1.807, 2.05) is 0 Å². The SMILES string of the molecule is CCNC(CCc1ccccc1)C1=CCCCCC1. The van der Waals surface area contributed by atoms with Gasteiger partial charge in [0.25, 0.3) is 0 Å². The Morgan fingerprint density at radius 3 is 2.74 bits per heavy atom. The zero-order chi connectivity index (χ0) is 13.3. The average molecular weight is 257 g/mol. The van der Waals surface area contributed by atoms with Crippen LogP contribution < -0.4 is 5.32 Å². The van der Waals surface area contributed by atoms with E-state index >= 15 is 0 Å². The monoisotopic (exact) mass is 257 g/mol. The summed E-state index contributed by atoms with van der Waals surface area (Å²) in [5.74, 6) is 0. The van der Waals surface area contributed by atoms with Crippen LogP contribution >= 0.6 is 0 Å². The van der Waals surface area contributed by atoms with Gasteiger partial charge < -0.3 is 5.32 Å². The van der Waals surface area contributed by atoms with E-state index in [2.05, 4.69) is 48.6 Å². The van der Waals surface area contributed by atoms with Crippen molar-refractivity contribution in [2.75, 3.05) is 6.54 Å². The van der Waals surface area contributed by atoms with Gasteiger partial charge in [-0.25, -0.2) is 0 Å². The molecule has 0 heterocycles. The zero-order valence-corrected chi connectivity index (χ0v) is 12.2. The molecule has 0 radical (unpaired) electrons. The fraction of sp³-hybridized carbons (Fsp3) is 0.556. The smallest absolute Gasteiger partial charge is 0.0282 e. The standard InChI is InChI=1S/C18H27N/c1-2-19-18(17-12-8-3-4-9-13-17)15-14-16-10-6-5-7-11-16/h5-7,10-12,18-19H,2-4,8-9,13-15H2,1H3. The third-order valence-electron chi connectivity index (χ3n) is 4.04. The molecule has 1 aromatic rings. The minimum atomic E-state index is 0.586. The minimum Gasteiger partial charge on any atom is -0.311 e. The lowest BCUT2D eigenvalue weighted by Crippen LogP contribution is -2.31. The Labute approximate surface area is 118 Å². The number of rotatable bonds is 6. The van der Waals surface area contributed by atoms with Crippen LogP contribution in [0.25, 0.3) is 0 Å². The second-order valence-corrected chi connectivity index (χ2v) is 5.51. The van der Waals surface area contributed by atoms with Crippen molar-refractivity contribution in [3.05, 3.63) is 47.5 Å². The number of benzene rings is 1.